The lowest BCUT2D eigenvalue weighted by Crippen LogP contribution is -2.46. The molecule has 124 valence electrons. The van der Waals surface area contributed by atoms with Gasteiger partial charge in [-0.2, -0.15) is 5.26 Å². The first-order chi connectivity index (χ1) is 11.2. The molecule has 6 nitrogen and oxygen atoms in total. The van der Waals surface area contributed by atoms with Crippen LogP contribution in [0.1, 0.15) is 50.8 Å². The second-order valence-corrected chi connectivity index (χ2v) is 6.46. The highest BCUT2D eigenvalue weighted by Crippen LogP contribution is 2.50. The largest absolute Gasteiger partial charge is 0.420 e. The number of nitrogens with two attached hydrogens (primary N) is 1. The SMILES string of the molecule is CCCCc1[nH]nc2c1C1(CCN(CC)CC1)C(C#N)=C(N)O2. The van der Waals surface area contributed by atoms with Crippen LogP contribution in [-0.4, -0.2) is 34.7 Å². The Bertz CT molecular complexity index is 646. The van der Waals surface area contributed by atoms with Gasteiger partial charge in [0, 0.05) is 16.7 Å². The molecule has 1 aromatic rings. The van der Waals surface area contributed by atoms with Crippen molar-refractivity contribution in [3.8, 4) is 11.9 Å². The lowest BCUT2D eigenvalue weighted by molar-refractivity contribution is 0.175. The number of rotatable bonds is 4. The van der Waals surface area contributed by atoms with Gasteiger partial charge in [0.25, 0.3) is 0 Å². The van der Waals surface area contributed by atoms with E-state index >= 15 is 0 Å². The molecule has 23 heavy (non-hydrogen) atoms. The number of aryl methyl sites for hydroxylation is 1. The van der Waals surface area contributed by atoms with Gasteiger partial charge in [-0.15, -0.1) is 5.10 Å². The molecular weight excluding hydrogens is 290 g/mol. The third-order valence-electron chi connectivity index (χ3n) is 5.27. The fourth-order valence-electron chi connectivity index (χ4n) is 3.89. The van der Waals surface area contributed by atoms with Crippen molar-refractivity contribution >= 4 is 0 Å². The van der Waals surface area contributed by atoms with E-state index in [1.165, 1.54) is 0 Å². The second kappa shape index (κ2) is 6.25. The third-order valence-corrected chi connectivity index (χ3v) is 5.27. The molecule has 1 aromatic heterocycles. The number of fused-ring (bicyclic) bond motifs is 2. The quantitative estimate of drug-likeness (QED) is 0.888. The van der Waals surface area contributed by atoms with Crippen molar-refractivity contribution in [2.45, 2.75) is 51.4 Å². The lowest BCUT2D eigenvalue weighted by Gasteiger charge is -2.43. The number of hydrogen-bond acceptors (Lipinski definition) is 5. The second-order valence-electron chi connectivity index (χ2n) is 6.46. The van der Waals surface area contributed by atoms with Gasteiger partial charge in [-0.25, -0.2) is 0 Å². The Balaban J connectivity index is 2.05. The van der Waals surface area contributed by atoms with E-state index in [4.69, 9.17) is 10.5 Å². The lowest BCUT2D eigenvalue weighted by atomic mass is 9.66. The summed E-state index contributed by atoms with van der Waals surface area (Å²) in [7, 11) is 0. The van der Waals surface area contributed by atoms with Gasteiger partial charge < -0.3 is 15.4 Å². The van der Waals surface area contributed by atoms with Crippen molar-refractivity contribution in [3.05, 3.63) is 22.7 Å². The summed E-state index contributed by atoms with van der Waals surface area (Å²) in [6.45, 7) is 7.31. The Labute approximate surface area is 137 Å². The summed E-state index contributed by atoms with van der Waals surface area (Å²) < 4.78 is 5.66. The molecule has 0 atom stereocenters. The van der Waals surface area contributed by atoms with Crippen LogP contribution in [0.25, 0.3) is 0 Å². The van der Waals surface area contributed by atoms with E-state index in [0.717, 1.165) is 63.0 Å². The normalized spacial score (nSPS) is 20.2. The number of hydrogen-bond donors (Lipinski definition) is 2. The molecule has 0 bridgehead atoms. The minimum absolute atomic E-state index is 0.221. The summed E-state index contributed by atoms with van der Waals surface area (Å²) in [6.07, 6.45) is 4.92. The van der Waals surface area contributed by atoms with Gasteiger partial charge in [0.05, 0.1) is 0 Å². The van der Waals surface area contributed by atoms with E-state index in [0.29, 0.717) is 11.5 Å². The maximum Gasteiger partial charge on any atom is 0.244 e. The zero-order chi connectivity index (χ0) is 16.4. The van der Waals surface area contributed by atoms with E-state index in [1.54, 1.807) is 0 Å². The molecule has 1 fully saturated rings. The van der Waals surface area contributed by atoms with Crippen LogP contribution in [0.2, 0.25) is 0 Å². The number of allylic oxidation sites excluding steroid dienone is 1. The number of nitrogens with zero attached hydrogens (tertiary/aromatic N) is 3. The zero-order valence-electron chi connectivity index (χ0n) is 14.0. The van der Waals surface area contributed by atoms with Crippen LogP contribution in [-0.2, 0) is 11.8 Å². The topological polar surface area (TPSA) is 91.0 Å². The summed E-state index contributed by atoms with van der Waals surface area (Å²) in [5.41, 5.74) is 8.48. The van der Waals surface area contributed by atoms with Crippen LogP contribution in [0.4, 0.5) is 0 Å². The van der Waals surface area contributed by atoms with Gasteiger partial charge in [0.2, 0.25) is 11.8 Å². The maximum absolute atomic E-state index is 9.72. The van der Waals surface area contributed by atoms with Gasteiger partial charge in [0.1, 0.15) is 11.6 Å². The average Bonchev–Trinajstić information content (AvgIpc) is 2.97. The molecule has 6 heteroatoms. The smallest absolute Gasteiger partial charge is 0.244 e. The van der Waals surface area contributed by atoms with E-state index in [1.807, 2.05) is 0 Å². The highest BCUT2D eigenvalue weighted by molar-refractivity contribution is 5.54. The maximum atomic E-state index is 9.72. The van der Waals surface area contributed by atoms with Crippen LogP contribution < -0.4 is 10.5 Å². The Hall–Kier alpha value is -2.00. The summed E-state index contributed by atoms with van der Waals surface area (Å²) >= 11 is 0. The van der Waals surface area contributed by atoms with Crippen molar-refractivity contribution in [2.24, 2.45) is 5.73 Å². The standard InChI is InChI=1S/C17H25N5O/c1-3-5-6-13-14-16(21-20-13)23-15(19)12(11-18)17(14)7-9-22(4-2)10-8-17/h3-10,19H2,1-2H3,(H,20,21). The fourth-order valence-corrected chi connectivity index (χ4v) is 3.89. The fraction of sp³-hybridized carbons (Fsp3) is 0.647. The number of unbranched alkanes of at least 4 members (excludes halogenated alkanes) is 1. The number of aromatic amines is 1. The molecule has 3 heterocycles. The van der Waals surface area contributed by atoms with Gasteiger partial charge in [-0.3, -0.25) is 5.10 Å². The first kappa shape index (κ1) is 15.9. The number of aromatic nitrogens is 2. The number of H-pyrrole nitrogens is 1. The molecule has 1 spiro atoms. The minimum Gasteiger partial charge on any atom is -0.420 e. The van der Waals surface area contributed by atoms with Crippen molar-refractivity contribution in [1.82, 2.24) is 15.1 Å². The molecule has 0 unspecified atom stereocenters. The van der Waals surface area contributed by atoms with Crippen molar-refractivity contribution in [3.63, 3.8) is 0 Å². The minimum atomic E-state index is -0.339. The Kier molecular flexibility index (Phi) is 4.31. The van der Waals surface area contributed by atoms with Crippen LogP contribution in [0.15, 0.2) is 11.5 Å². The van der Waals surface area contributed by atoms with Crippen LogP contribution in [0.3, 0.4) is 0 Å². The molecule has 0 aliphatic carbocycles. The summed E-state index contributed by atoms with van der Waals surface area (Å²) in [4.78, 5) is 2.41. The molecule has 2 aliphatic heterocycles. The summed E-state index contributed by atoms with van der Waals surface area (Å²) in [5.74, 6) is 0.788. The third kappa shape index (κ3) is 2.49. The molecule has 0 radical (unpaired) electrons. The Morgan fingerprint density at radius 2 is 2.13 bits per heavy atom. The molecule has 2 aliphatic rings. The average molecular weight is 315 g/mol. The van der Waals surface area contributed by atoms with Gasteiger partial charge in [-0.05, 0) is 45.3 Å². The molecule has 1 saturated heterocycles. The van der Waals surface area contributed by atoms with Crippen molar-refractivity contribution in [1.29, 1.82) is 5.26 Å². The predicted octanol–water partition coefficient (Wildman–Crippen LogP) is 2.19. The molecule has 0 saturated carbocycles. The number of ether oxygens (including phenoxy) is 1. The number of likely N-dealkylation sites (tertiary alicyclic amines) is 1. The predicted molar refractivity (Wildman–Crippen MR) is 87.7 cm³/mol. The molecule has 3 N–H and O–H groups in total. The van der Waals surface area contributed by atoms with Gasteiger partial charge in [-0.1, -0.05) is 20.3 Å². The van der Waals surface area contributed by atoms with E-state index in [-0.39, 0.29) is 11.3 Å². The molecule has 3 rings (SSSR count). The summed E-state index contributed by atoms with van der Waals surface area (Å²) in [6, 6.07) is 2.33. The van der Waals surface area contributed by atoms with E-state index in [2.05, 4.69) is 35.0 Å². The van der Waals surface area contributed by atoms with E-state index in [9.17, 15) is 5.26 Å². The first-order valence-electron chi connectivity index (χ1n) is 8.54. The summed E-state index contributed by atoms with van der Waals surface area (Å²) in [5, 5.41) is 17.2. The molecule has 0 aromatic carbocycles. The van der Waals surface area contributed by atoms with Gasteiger partial charge >= 0.3 is 0 Å². The number of piperidine rings is 1. The van der Waals surface area contributed by atoms with Crippen LogP contribution in [0, 0.1) is 11.3 Å². The van der Waals surface area contributed by atoms with Crippen LogP contribution >= 0.6 is 0 Å². The number of nitrogens with one attached hydrogen (secondary N) is 1. The molecule has 0 amide bonds. The van der Waals surface area contributed by atoms with Gasteiger partial charge in [0.15, 0.2) is 0 Å². The van der Waals surface area contributed by atoms with E-state index < -0.39 is 0 Å². The Morgan fingerprint density at radius 1 is 1.39 bits per heavy atom. The Morgan fingerprint density at radius 3 is 2.74 bits per heavy atom. The monoisotopic (exact) mass is 315 g/mol. The zero-order valence-corrected chi connectivity index (χ0v) is 14.0. The highest BCUT2D eigenvalue weighted by atomic mass is 16.5. The molecular formula is C17H25N5O. The van der Waals surface area contributed by atoms with Crippen molar-refractivity contribution in [2.75, 3.05) is 19.6 Å². The highest BCUT2D eigenvalue weighted by Gasteiger charge is 2.48. The van der Waals surface area contributed by atoms with Crippen molar-refractivity contribution < 1.29 is 4.74 Å². The van der Waals surface area contributed by atoms with Crippen LogP contribution in [0.5, 0.6) is 5.88 Å². The first-order valence-corrected chi connectivity index (χ1v) is 8.54. The number of nitriles is 1.